The van der Waals surface area contributed by atoms with E-state index in [2.05, 4.69) is 38.2 Å². The zero-order valence-corrected chi connectivity index (χ0v) is 13.9. The molecule has 4 nitrogen and oxygen atoms in total. The van der Waals surface area contributed by atoms with Gasteiger partial charge in [0.2, 0.25) is 0 Å². The van der Waals surface area contributed by atoms with Crippen LogP contribution in [0.5, 0.6) is 0 Å². The van der Waals surface area contributed by atoms with Gasteiger partial charge in [-0.1, -0.05) is 32.8 Å². The largest absolute Gasteiger partial charge is 0.398 e. The SMILES string of the molecule is CCC(CC)C(CNC(=O)c1ccc(C)c(N)c1)N(C)C. The molecule has 1 amide bonds. The van der Waals surface area contributed by atoms with Gasteiger partial charge >= 0.3 is 0 Å². The first-order valence-corrected chi connectivity index (χ1v) is 7.71. The fourth-order valence-electron chi connectivity index (χ4n) is 2.68. The van der Waals surface area contributed by atoms with Gasteiger partial charge in [-0.15, -0.1) is 0 Å². The van der Waals surface area contributed by atoms with Crippen molar-refractivity contribution in [1.29, 1.82) is 0 Å². The molecule has 0 spiro atoms. The molecule has 1 aromatic carbocycles. The summed E-state index contributed by atoms with van der Waals surface area (Å²) in [5.74, 6) is 0.530. The predicted molar refractivity (Wildman–Crippen MR) is 89.5 cm³/mol. The van der Waals surface area contributed by atoms with Gasteiger partial charge in [0, 0.05) is 23.8 Å². The van der Waals surface area contributed by atoms with Crippen LogP contribution in [0.1, 0.15) is 42.6 Å². The Morgan fingerprint density at radius 1 is 1.29 bits per heavy atom. The first kappa shape index (κ1) is 17.5. The number of rotatable bonds is 7. The average molecular weight is 291 g/mol. The molecular formula is C17H29N3O. The summed E-state index contributed by atoms with van der Waals surface area (Å²) in [6.07, 6.45) is 2.24. The number of nitrogens with zero attached hydrogens (tertiary/aromatic N) is 1. The second-order valence-corrected chi connectivity index (χ2v) is 5.89. The minimum atomic E-state index is -0.0560. The molecule has 0 aliphatic rings. The summed E-state index contributed by atoms with van der Waals surface area (Å²) in [6.45, 7) is 7.00. The molecule has 0 bridgehead atoms. The molecule has 1 atom stereocenters. The number of hydrogen-bond acceptors (Lipinski definition) is 3. The number of carbonyl (C=O) groups is 1. The zero-order valence-electron chi connectivity index (χ0n) is 13.9. The Morgan fingerprint density at radius 2 is 1.90 bits per heavy atom. The highest BCUT2D eigenvalue weighted by atomic mass is 16.1. The molecule has 4 heteroatoms. The van der Waals surface area contributed by atoms with Gasteiger partial charge in [0.05, 0.1) is 0 Å². The lowest BCUT2D eigenvalue weighted by Crippen LogP contribution is -2.44. The quantitative estimate of drug-likeness (QED) is 0.759. The van der Waals surface area contributed by atoms with Crippen LogP contribution < -0.4 is 11.1 Å². The van der Waals surface area contributed by atoms with Gasteiger partial charge in [0.15, 0.2) is 0 Å². The number of nitrogens with two attached hydrogens (primary N) is 1. The fraction of sp³-hybridized carbons (Fsp3) is 0.588. The van der Waals surface area contributed by atoms with Crippen LogP contribution in [0.3, 0.4) is 0 Å². The van der Waals surface area contributed by atoms with Gasteiger partial charge in [-0.3, -0.25) is 4.79 Å². The van der Waals surface area contributed by atoms with Crippen molar-refractivity contribution in [1.82, 2.24) is 10.2 Å². The number of benzene rings is 1. The average Bonchev–Trinajstić information content (AvgIpc) is 2.45. The second kappa shape index (κ2) is 8.03. The molecule has 0 aliphatic carbocycles. The normalized spacial score (nSPS) is 12.7. The minimum Gasteiger partial charge on any atom is -0.398 e. The van der Waals surface area contributed by atoms with Crippen molar-refractivity contribution in [3.63, 3.8) is 0 Å². The third-order valence-corrected chi connectivity index (χ3v) is 4.27. The first-order chi connectivity index (χ1) is 9.90. The highest BCUT2D eigenvalue weighted by molar-refractivity contribution is 5.95. The zero-order chi connectivity index (χ0) is 16.0. The summed E-state index contributed by atoms with van der Waals surface area (Å²) in [5.41, 5.74) is 8.15. The summed E-state index contributed by atoms with van der Waals surface area (Å²) < 4.78 is 0. The smallest absolute Gasteiger partial charge is 0.251 e. The Morgan fingerprint density at radius 3 is 2.38 bits per heavy atom. The lowest BCUT2D eigenvalue weighted by atomic mass is 9.93. The fourth-order valence-corrected chi connectivity index (χ4v) is 2.68. The maximum absolute atomic E-state index is 12.2. The summed E-state index contributed by atoms with van der Waals surface area (Å²) in [7, 11) is 4.14. The molecule has 1 unspecified atom stereocenters. The molecule has 0 saturated heterocycles. The van der Waals surface area contributed by atoms with Gasteiger partial charge < -0.3 is 16.0 Å². The number of amides is 1. The van der Waals surface area contributed by atoms with Gasteiger partial charge in [-0.25, -0.2) is 0 Å². The van der Waals surface area contributed by atoms with E-state index in [0.29, 0.717) is 29.8 Å². The van der Waals surface area contributed by atoms with Crippen LogP contribution >= 0.6 is 0 Å². The van der Waals surface area contributed by atoms with Crippen LogP contribution in [0.2, 0.25) is 0 Å². The van der Waals surface area contributed by atoms with Crippen molar-refractivity contribution in [2.75, 3.05) is 26.4 Å². The molecular weight excluding hydrogens is 262 g/mol. The highest BCUT2D eigenvalue weighted by Gasteiger charge is 2.21. The van der Waals surface area contributed by atoms with E-state index in [1.807, 2.05) is 19.1 Å². The third-order valence-electron chi connectivity index (χ3n) is 4.27. The van der Waals surface area contributed by atoms with E-state index in [0.717, 1.165) is 18.4 Å². The molecule has 0 aromatic heterocycles. The number of aryl methyl sites for hydroxylation is 1. The summed E-state index contributed by atoms with van der Waals surface area (Å²) in [5, 5.41) is 3.04. The summed E-state index contributed by atoms with van der Waals surface area (Å²) >= 11 is 0. The second-order valence-electron chi connectivity index (χ2n) is 5.89. The Bertz CT molecular complexity index is 467. The summed E-state index contributed by atoms with van der Waals surface area (Å²) in [4.78, 5) is 14.4. The highest BCUT2D eigenvalue weighted by Crippen LogP contribution is 2.17. The monoisotopic (exact) mass is 291 g/mol. The molecule has 0 fully saturated rings. The molecule has 3 N–H and O–H groups in total. The number of nitrogen functional groups attached to an aromatic ring is 1. The van der Waals surface area contributed by atoms with Crippen molar-refractivity contribution in [3.05, 3.63) is 29.3 Å². The lowest BCUT2D eigenvalue weighted by molar-refractivity contribution is 0.0929. The number of nitrogens with one attached hydrogen (secondary N) is 1. The van der Waals surface area contributed by atoms with Crippen molar-refractivity contribution < 1.29 is 4.79 Å². The third kappa shape index (κ3) is 4.74. The first-order valence-electron chi connectivity index (χ1n) is 7.71. The molecule has 21 heavy (non-hydrogen) atoms. The Balaban J connectivity index is 2.71. The molecule has 1 rings (SSSR count). The van der Waals surface area contributed by atoms with Crippen LogP contribution in [-0.4, -0.2) is 37.5 Å². The Kier molecular flexibility index (Phi) is 6.69. The number of anilines is 1. The van der Waals surface area contributed by atoms with Crippen molar-refractivity contribution in [3.8, 4) is 0 Å². The summed E-state index contributed by atoms with van der Waals surface area (Å²) in [6, 6.07) is 5.80. The van der Waals surface area contributed by atoms with Crippen LogP contribution in [0, 0.1) is 12.8 Å². The van der Waals surface area contributed by atoms with Crippen LogP contribution in [0.25, 0.3) is 0 Å². The maximum atomic E-state index is 12.2. The van der Waals surface area contributed by atoms with E-state index in [1.54, 1.807) is 6.07 Å². The van der Waals surface area contributed by atoms with E-state index in [1.165, 1.54) is 0 Å². The van der Waals surface area contributed by atoms with Gasteiger partial charge in [0.1, 0.15) is 0 Å². The predicted octanol–water partition coefficient (Wildman–Crippen LogP) is 2.67. The van der Waals surface area contributed by atoms with E-state index in [-0.39, 0.29) is 5.91 Å². The Hall–Kier alpha value is -1.55. The van der Waals surface area contributed by atoms with E-state index in [4.69, 9.17) is 5.73 Å². The van der Waals surface area contributed by atoms with E-state index in [9.17, 15) is 4.79 Å². The van der Waals surface area contributed by atoms with E-state index >= 15 is 0 Å². The van der Waals surface area contributed by atoms with Gasteiger partial charge in [-0.05, 0) is 44.6 Å². The van der Waals surface area contributed by atoms with Crippen LogP contribution in [0.4, 0.5) is 5.69 Å². The molecule has 118 valence electrons. The number of likely N-dealkylation sites (N-methyl/N-ethyl adjacent to an activating group) is 1. The van der Waals surface area contributed by atoms with Gasteiger partial charge in [0.25, 0.3) is 5.91 Å². The van der Waals surface area contributed by atoms with Crippen LogP contribution in [-0.2, 0) is 0 Å². The number of hydrogen-bond donors (Lipinski definition) is 2. The van der Waals surface area contributed by atoms with Crippen molar-refractivity contribution in [2.24, 2.45) is 5.92 Å². The standard InChI is InChI=1S/C17H29N3O/c1-6-13(7-2)16(20(4)5)11-19-17(21)14-9-8-12(3)15(18)10-14/h8-10,13,16H,6-7,11,18H2,1-5H3,(H,19,21). The van der Waals surface area contributed by atoms with Crippen LogP contribution in [0.15, 0.2) is 18.2 Å². The molecule has 0 radical (unpaired) electrons. The van der Waals surface area contributed by atoms with Gasteiger partial charge in [-0.2, -0.15) is 0 Å². The van der Waals surface area contributed by atoms with Crippen molar-refractivity contribution in [2.45, 2.75) is 39.7 Å². The van der Waals surface area contributed by atoms with Crippen molar-refractivity contribution >= 4 is 11.6 Å². The maximum Gasteiger partial charge on any atom is 0.251 e. The molecule has 1 aromatic rings. The molecule has 0 heterocycles. The minimum absolute atomic E-state index is 0.0560. The molecule has 0 aliphatic heterocycles. The molecule has 0 saturated carbocycles. The topological polar surface area (TPSA) is 58.4 Å². The number of carbonyl (C=O) groups excluding carboxylic acids is 1. The lowest BCUT2D eigenvalue weighted by Gasteiger charge is -2.31. The Labute approximate surface area is 128 Å². The van der Waals surface area contributed by atoms with E-state index < -0.39 is 0 Å².